The normalized spacial score (nSPS) is 10.6. The van der Waals surface area contributed by atoms with Gasteiger partial charge in [0.2, 0.25) is 0 Å². The van der Waals surface area contributed by atoms with Crippen LogP contribution >= 0.6 is 0 Å². The van der Waals surface area contributed by atoms with Gasteiger partial charge in [0.05, 0.1) is 12.3 Å². The SMILES string of the molecule is CCCCOc1ccccc1-c1cc(C(=O)NCc2ccccc2F)[nH]n1. The molecule has 27 heavy (non-hydrogen) atoms. The summed E-state index contributed by atoms with van der Waals surface area (Å²) in [5.41, 5.74) is 2.18. The molecule has 2 aromatic carbocycles. The number of carbonyl (C=O) groups is 1. The molecule has 1 heterocycles. The summed E-state index contributed by atoms with van der Waals surface area (Å²) in [6.45, 7) is 2.85. The third-order valence-electron chi connectivity index (χ3n) is 4.14. The number of para-hydroxylation sites is 1. The van der Waals surface area contributed by atoms with E-state index in [9.17, 15) is 9.18 Å². The minimum atomic E-state index is -0.346. The Hall–Kier alpha value is -3.15. The molecule has 0 atom stereocenters. The Labute approximate surface area is 157 Å². The molecule has 0 aliphatic carbocycles. The average molecular weight is 367 g/mol. The average Bonchev–Trinajstić information content (AvgIpc) is 3.18. The number of nitrogens with zero attached hydrogens (tertiary/aromatic N) is 1. The van der Waals surface area contributed by atoms with Crippen LogP contribution in [0.25, 0.3) is 11.3 Å². The number of nitrogens with one attached hydrogen (secondary N) is 2. The maximum atomic E-state index is 13.7. The van der Waals surface area contributed by atoms with Crippen LogP contribution in [0.1, 0.15) is 35.8 Å². The van der Waals surface area contributed by atoms with E-state index in [0.29, 0.717) is 23.6 Å². The van der Waals surface area contributed by atoms with Gasteiger partial charge in [0, 0.05) is 17.7 Å². The lowest BCUT2D eigenvalue weighted by Gasteiger charge is -2.09. The highest BCUT2D eigenvalue weighted by Gasteiger charge is 2.14. The maximum absolute atomic E-state index is 13.7. The largest absolute Gasteiger partial charge is 0.493 e. The van der Waals surface area contributed by atoms with Crippen molar-refractivity contribution in [3.8, 4) is 17.0 Å². The van der Waals surface area contributed by atoms with Gasteiger partial charge in [-0.1, -0.05) is 43.7 Å². The smallest absolute Gasteiger partial charge is 0.269 e. The van der Waals surface area contributed by atoms with Crippen molar-refractivity contribution in [2.75, 3.05) is 6.61 Å². The molecule has 0 aliphatic rings. The highest BCUT2D eigenvalue weighted by atomic mass is 19.1. The zero-order valence-electron chi connectivity index (χ0n) is 15.2. The molecule has 5 nitrogen and oxygen atoms in total. The number of rotatable bonds is 8. The van der Waals surface area contributed by atoms with Crippen molar-refractivity contribution >= 4 is 5.91 Å². The number of amides is 1. The van der Waals surface area contributed by atoms with Crippen molar-refractivity contribution in [1.29, 1.82) is 0 Å². The van der Waals surface area contributed by atoms with E-state index in [-0.39, 0.29) is 18.3 Å². The molecule has 0 saturated carbocycles. The second kappa shape index (κ2) is 8.98. The lowest BCUT2D eigenvalue weighted by atomic mass is 10.1. The number of benzene rings is 2. The first-order valence-electron chi connectivity index (χ1n) is 8.98. The summed E-state index contributed by atoms with van der Waals surface area (Å²) in [5, 5.41) is 9.66. The minimum absolute atomic E-state index is 0.108. The van der Waals surface area contributed by atoms with Gasteiger partial charge in [-0.2, -0.15) is 5.10 Å². The van der Waals surface area contributed by atoms with E-state index in [1.54, 1.807) is 24.3 Å². The molecule has 0 saturated heterocycles. The molecule has 1 amide bonds. The summed E-state index contributed by atoms with van der Waals surface area (Å²) >= 11 is 0. The molecule has 3 aromatic rings. The van der Waals surface area contributed by atoms with E-state index in [1.165, 1.54) is 6.07 Å². The standard InChI is InChI=1S/C21H22FN3O2/c1-2-3-12-27-20-11-7-5-9-16(20)18-13-19(25-24-18)21(26)23-14-15-8-4-6-10-17(15)22/h4-11,13H,2-3,12,14H2,1H3,(H,23,26)(H,24,25). The third kappa shape index (κ3) is 4.73. The quantitative estimate of drug-likeness (QED) is 0.583. The Kier molecular flexibility index (Phi) is 6.20. The lowest BCUT2D eigenvalue weighted by molar-refractivity contribution is 0.0945. The van der Waals surface area contributed by atoms with Crippen LogP contribution in [0.5, 0.6) is 5.75 Å². The topological polar surface area (TPSA) is 67.0 Å². The van der Waals surface area contributed by atoms with Gasteiger partial charge in [0.25, 0.3) is 5.91 Å². The third-order valence-corrected chi connectivity index (χ3v) is 4.14. The van der Waals surface area contributed by atoms with Gasteiger partial charge in [-0.25, -0.2) is 4.39 Å². The summed E-state index contributed by atoms with van der Waals surface area (Å²) in [6, 6.07) is 15.6. The number of hydrogen-bond donors (Lipinski definition) is 2. The Bertz CT molecular complexity index is 908. The van der Waals surface area contributed by atoms with Crippen LogP contribution in [0.2, 0.25) is 0 Å². The second-order valence-electron chi connectivity index (χ2n) is 6.14. The van der Waals surface area contributed by atoms with Crippen LogP contribution in [-0.4, -0.2) is 22.7 Å². The van der Waals surface area contributed by atoms with Crippen LogP contribution < -0.4 is 10.1 Å². The number of H-pyrrole nitrogens is 1. The first kappa shape index (κ1) is 18.6. The predicted molar refractivity (Wildman–Crippen MR) is 102 cm³/mol. The fourth-order valence-electron chi connectivity index (χ4n) is 2.62. The van der Waals surface area contributed by atoms with E-state index in [0.717, 1.165) is 24.2 Å². The van der Waals surface area contributed by atoms with Crippen molar-refractivity contribution < 1.29 is 13.9 Å². The minimum Gasteiger partial charge on any atom is -0.493 e. The molecular formula is C21H22FN3O2. The Morgan fingerprint density at radius 2 is 1.96 bits per heavy atom. The second-order valence-corrected chi connectivity index (χ2v) is 6.14. The van der Waals surface area contributed by atoms with Crippen molar-refractivity contribution in [1.82, 2.24) is 15.5 Å². The van der Waals surface area contributed by atoms with Gasteiger partial charge in [-0.05, 0) is 30.7 Å². The van der Waals surface area contributed by atoms with Gasteiger partial charge in [-0.3, -0.25) is 9.89 Å². The monoisotopic (exact) mass is 367 g/mol. The Morgan fingerprint density at radius 1 is 1.19 bits per heavy atom. The molecule has 0 fully saturated rings. The fourth-order valence-corrected chi connectivity index (χ4v) is 2.62. The van der Waals surface area contributed by atoms with Crippen molar-refractivity contribution in [2.45, 2.75) is 26.3 Å². The molecule has 0 radical (unpaired) electrons. The molecule has 2 N–H and O–H groups in total. The molecule has 0 bridgehead atoms. The number of halogens is 1. The summed E-state index contributed by atoms with van der Waals surface area (Å²) in [4.78, 5) is 12.3. The van der Waals surface area contributed by atoms with Crippen molar-refractivity contribution in [3.05, 3.63) is 71.7 Å². The summed E-state index contributed by atoms with van der Waals surface area (Å²) in [5.74, 6) is 0.0402. The molecule has 1 aromatic heterocycles. The number of unbranched alkanes of at least 4 members (excludes halogenated alkanes) is 1. The number of aromatic nitrogens is 2. The zero-order chi connectivity index (χ0) is 19.1. The molecule has 140 valence electrons. The number of hydrogen-bond acceptors (Lipinski definition) is 3. The van der Waals surface area contributed by atoms with Crippen LogP contribution in [-0.2, 0) is 6.54 Å². The predicted octanol–water partition coefficient (Wildman–Crippen LogP) is 4.32. The van der Waals surface area contributed by atoms with Gasteiger partial charge < -0.3 is 10.1 Å². The highest BCUT2D eigenvalue weighted by molar-refractivity contribution is 5.93. The van der Waals surface area contributed by atoms with Crippen LogP contribution in [0.15, 0.2) is 54.6 Å². The molecule has 0 spiro atoms. The number of aromatic amines is 1. The van der Waals surface area contributed by atoms with Crippen LogP contribution in [0.3, 0.4) is 0 Å². The molecule has 6 heteroatoms. The molecule has 3 rings (SSSR count). The van der Waals surface area contributed by atoms with Gasteiger partial charge in [0.1, 0.15) is 17.3 Å². The van der Waals surface area contributed by atoms with Crippen LogP contribution in [0, 0.1) is 5.82 Å². The Balaban J connectivity index is 1.69. The van der Waals surface area contributed by atoms with E-state index in [1.807, 2.05) is 24.3 Å². The summed E-state index contributed by atoms with van der Waals surface area (Å²) in [7, 11) is 0. The van der Waals surface area contributed by atoms with Crippen molar-refractivity contribution in [3.63, 3.8) is 0 Å². The highest BCUT2D eigenvalue weighted by Crippen LogP contribution is 2.29. The summed E-state index contributed by atoms with van der Waals surface area (Å²) < 4.78 is 19.5. The first-order valence-corrected chi connectivity index (χ1v) is 8.98. The van der Waals surface area contributed by atoms with Gasteiger partial charge >= 0.3 is 0 Å². The van der Waals surface area contributed by atoms with E-state index in [2.05, 4.69) is 22.4 Å². The first-order chi connectivity index (χ1) is 13.2. The van der Waals surface area contributed by atoms with Gasteiger partial charge in [0.15, 0.2) is 0 Å². The maximum Gasteiger partial charge on any atom is 0.269 e. The lowest BCUT2D eigenvalue weighted by Crippen LogP contribution is -2.23. The van der Waals surface area contributed by atoms with Crippen LogP contribution in [0.4, 0.5) is 4.39 Å². The number of ether oxygens (including phenoxy) is 1. The summed E-state index contributed by atoms with van der Waals surface area (Å²) in [6.07, 6.45) is 2.02. The zero-order valence-corrected chi connectivity index (χ0v) is 15.2. The number of carbonyl (C=O) groups excluding carboxylic acids is 1. The van der Waals surface area contributed by atoms with E-state index in [4.69, 9.17) is 4.74 Å². The van der Waals surface area contributed by atoms with E-state index < -0.39 is 0 Å². The Morgan fingerprint density at radius 3 is 2.78 bits per heavy atom. The van der Waals surface area contributed by atoms with Crippen molar-refractivity contribution in [2.24, 2.45) is 0 Å². The molecular weight excluding hydrogens is 345 g/mol. The fraction of sp³-hybridized carbons (Fsp3) is 0.238. The van der Waals surface area contributed by atoms with Gasteiger partial charge in [-0.15, -0.1) is 0 Å². The molecule has 0 unspecified atom stereocenters. The molecule has 0 aliphatic heterocycles. The van der Waals surface area contributed by atoms with E-state index >= 15 is 0 Å².